The van der Waals surface area contributed by atoms with E-state index >= 15 is 9.59 Å². The molecule has 0 aromatic carbocycles. The highest BCUT2D eigenvalue weighted by atomic mass is 32.1. The molecule has 4 unspecified atom stereocenters. The number of nitrogens with zero attached hydrogens (tertiary/aromatic N) is 4. The van der Waals surface area contributed by atoms with Crippen molar-refractivity contribution in [1.29, 1.82) is 0 Å². The Labute approximate surface area is 540 Å². The molecule has 15 heteroatoms. The van der Waals surface area contributed by atoms with Crippen molar-refractivity contribution >= 4 is 145 Å². The van der Waals surface area contributed by atoms with E-state index in [0.29, 0.717) is 59.1 Å². The molecule has 7 aliphatic rings. The summed E-state index contributed by atoms with van der Waals surface area (Å²) in [6, 6.07) is 20.9. The van der Waals surface area contributed by atoms with Crippen LogP contribution in [0.25, 0.3) is 64.2 Å². The van der Waals surface area contributed by atoms with E-state index in [2.05, 4.69) is 115 Å². The smallest absolute Gasteiger partial charge is 0.265 e. The van der Waals surface area contributed by atoms with Gasteiger partial charge in [0.15, 0.2) is 0 Å². The van der Waals surface area contributed by atoms with Gasteiger partial charge in [-0.15, -0.1) is 68.0 Å². The highest BCUT2D eigenvalue weighted by Gasteiger charge is 2.54. The molecule has 0 saturated heterocycles. The van der Waals surface area contributed by atoms with Crippen LogP contribution in [0.3, 0.4) is 0 Å². The van der Waals surface area contributed by atoms with Gasteiger partial charge in [0.2, 0.25) is 0 Å². The van der Waals surface area contributed by atoms with E-state index in [1.54, 1.807) is 65.5 Å². The highest BCUT2D eigenvalue weighted by Crippen LogP contribution is 2.56. The molecule has 0 radical (unpaired) electrons. The monoisotopic (exact) mass is 1290 g/mol. The van der Waals surface area contributed by atoms with Crippen molar-refractivity contribution in [2.45, 2.75) is 170 Å². The summed E-state index contributed by atoms with van der Waals surface area (Å²) in [5.74, 6) is 1.59. The fourth-order valence-electron chi connectivity index (χ4n) is 15.1. The maximum Gasteiger partial charge on any atom is 0.265 e. The first-order chi connectivity index (χ1) is 42.4. The predicted molar refractivity (Wildman–Crippen MR) is 374 cm³/mol. The van der Waals surface area contributed by atoms with Crippen LogP contribution < -0.4 is 10.4 Å². The maximum atomic E-state index is 15.2. The zero-order chi connectivity index (χ0) is 60.4. The molecule has 7 aliphatic heterocycles. The van der Waals surface area contributed by atoms with Gasteiger partial charge in [-0.25, -0.2) is 0 Å². The van der Waals surface area contributed by atoms with Gasteiger partial charge in [-0.1, -0.05) is 145 Å². The molecule has 0 N–H and O–H groups in total. The van der Waals surface area contributed by atoms with Crippen molar-refractivity contribution in [3.8, 4) is 29.3 Å². The predicted octanol–water partition coefficient (Wildman–Crippen LogP) is 19.4. The molecule has 0 bridgehead atoms. The third kappa shape index (κ3) is 10.3. The summed E-state index contributed by atoms with van der Waals surface area (Å²) >= 11 is 10.6. The lowest BCUT2D eigenvalue weighted by Crippen LogP contribution is -2.56. The lowest BCUT2D eigenvalue weighted by molar-refractivity contribution is -0.124. The average molecular weight is 1290 g/mol. The van der Waals surface area contributed by atoms with Crippen molar-refractivity contribution in [1.82, 2.24) is 19.6 Å². The maximum absolute atomic E-state index is 15.2. The van der Waals surface area contributed by atoms with Gasteiger partial charge >= 0.3 is 0 Å². The lowest BCUT2D eigenvalue weighted by atomic mass is 9.98. The van der Waals surface area contributed by atoms with Crippen LogP contribution in [0, 0.1) is 23.7 Å². The molecule has 6 aromatic heterocycles. The summed E-state index contributed by atoms with van der Waals surface area (Å²) in [5.41, 5.74) is 7.42. The molecule has 6 aromatic rings. The Bertz CT molecular complexity index is 3650. The molecule has 87 heavy (non-hydrogen) atoms. The molecule has 0 fully saturated rings. The van der Waals surface area contributed by atoms with E-state index < -0.39 is 8.07 Å². The molecule has 13 heterocycles. The summed E-state index contributed by atoms with van der Waals surface area (Å²) in [5, 5.41) is 7.37. The fourth-order valence-corrected chi connectivity index (χ4v) is 29.7. The molecular weight excluding hydrogens is 1210 g/mol. The number of carbonyl (C=O) groups is 4. The minimum Gasteiger partial charge on any atom is -0.306 e. The molecule has 13 rings (SSSR count). The van der Waals surface area contributed by atoms with Crippen LogP contribution in [0.15, 0.2) is 94.0 Å². The fraction of sp³-hybridized carbons (Fsp3) is 0.444. The van der Waals surface area contributed by atoms with E-state index in [1.165, 1.54) is 92.7 Å². The SMILES string of the molecule is CCCCC(CC)CN1C(=O)C2=C3c4sccc4C=CN3C(=O)C2=C1c1ccc(-c2cc3c(s2)-c2sc(-c4ccc(C5=C6C(=O)N7C=Cc8ccsc8C7=C6C(=O)N5CC(CC)CCCC)s4)cc2[Si]3(CC(CC)CCCC)CC(CC)CCCC)s1. The normalized spacial score (nSPS) is 19.5. The van der Waals surface area contributed by atoms with E-state index in [9.17, 15) is 9.59 Å². The van der Waals surface area contributed by atoms with Gasteiger partial charge in [0, 0.05) is 54.8 Å². The van der Waals surface area contributed by atoms with E-state index in [4.69, 9.17) is 0 Å². The molecule has 0 aliphatic carbocycles. The third-order valence-electron chi connectivity index (χ3n) is 20.1. The minimum atomic E-state index is -2.46. The number of amides is 4. The first-order valence-corrected chi connectivity index (χ1v) is 40.2. The molecule has 0 saturated carbocycles. The Morgan fingerprint density at radius 2 is 0.770 bits per heavy atom. The van der Waals surface area contributed by atoms with Crippen molar-refractivity contribution in [2.24, 2.45) is 23.7 Å². The first kappa shape index (κ1) is 60.6. The van der Waals surface area contributed by atoms with Crippen LogP contribution in [0.5, 0.6) is 0 Å². The van der Waals surface area contributed by atoms with Gasteiger partial charge < -0.3 is 9.80 Å². The van der Waals surface area contributed by atoms with Crippen molar-refractivity contribution in [3.63, 3.8) is 0 Å². The van der Waals surface area contributed by atoms with E-state index in [0.717, 1.165) is 105 Å². The number of hydrogen-bond acceptors (Lipinski definition) is 10. The standard InChI is InChI=1S/C72H82N4O4S6Si/c1-9-17-21-43(13-5)39-75-61(57-59(71(75)79)63-65-47(31-35-81-65)29-33-73(63)69(57)77)51-27-25-49(83-51)53-37-55-67(85-53)68-56(87(55,41-45(15-7)23-19-11-3)42-46(16-8)24-20-12-4)38-54(86-68)50-26-28-52(84-50)62-58-60(72(80)76(62)40-44(14-6)22-18-10-2)64-66-48(32-36-82-66)30-34-74(64)70(58)78/h25-38,43-46H,9-24,39-42H2,1-8H3. The highest BCUT2D eigenvalue weighted by molar-refractivity contribution is 7.33. The largest absolute Gasteiger partial charge is 0.306 e. The number of unbranched alkanes of at least 4 members (excludes halogenated alkanes) is 4. The van der Waals surface area contributed by atoms with Crippen LogP contribution in [-0.4, -0.2) is 64.4 Å². The summed E-state index contributed by atoms with van der Waals surface area (Å²) in [4.78, 5) is 79.3. The Kier molecular flexibility index (Phi) is 17.6. The molecule has 0 spiro atoms. The molecule has 4 amide bonds. The van der Waals surface area contributed by atoms with Gasteiger partial charge in [0.25, 0.3) is 23.6 Å². The van der Waals surface area contributed by atoms with Crippen LogP contribution >= 0.6 is 68.0 Å². The zero-order valence-electron chi connectivity index (χ0n) is 51.9. The summed E-state index contributed by atoms with van der Waals surface area (Å²) in [6.45, 7) is 19.7. The van der Waals surface area contributed by atoms with Crippen molar-refractivity contribution in [3.05, 3.63) is 125 Å². The average Bonchev–Trinajstić information content (AvgIpc) is 1.57. The number of rotatable bonds is 28. The number of hydrogen-bond donors (Lipinski definition) is 0. The zero-order valence-corrected chi connectivity index (χ0v) is 57.8. The van der Waals surface area contributed by atoms with Gasteiger partial charge in [0.1, 0.15) is 8.07 Å². The number of fused-ring (bicyclic) bond motifs is 11. The van der Waals surface area contributed by atoms with Gasteiger partial charge in [-0.05, 0) is 142 Å². The second kappa shape index (κ2) is 25.2. The quantitative estimate of drug-likeness (QED) is 0.0458. The minimum absolute atomic E-state index is 0.0456. The topological polar surface area (TPSA) is 81.2 Å². The molecule has 8 nitrogen and oxygen atoms in total. The third-order valence-corrected chi connectivity index (χ3v) is 32.7. The Morgan fingerprint density at radius 1 is 0.402 bits per heavy atom. The Morgan fingerprint density at radius 3 is 1.15 bits per heavy atom. The Balaban J connectivity index is 0.934. The van der Waals surface area contributed by atoms with Crippen LogP contribution in [-0.2, 0) is 19.2 Å². The first-order valence-electron chi connectivity index (χ1n) is 32.7. The van der Waals surface area contributed by atoms with Crippen LogP contribution in [0.4, 0.5) is 0 Å². The van der Waals surface area contributed by atoms with Crippen LogP contribution in [0.2, 0.25) is 12.1 Å². The second-order valence-corrected chi connectivity index (χ2v) is 35.5. The number of thiophene rings is 6. The van der Waals surface area contributed by atoms with Gasteiger partial charge in [-0.3, -0.25) is 29.0 Å². The number of carbonyl (C=O) groups excluding carboxylic acids is 4. The Hall–Kier alpha value is -5.26. The van der Waals surface area contributed by atoms with Crippen molar-refractivity contribution < 1.29 is 19.2 Å². The van der Waals surface area contributed by atoms with E-state index in [1.807, 2.05) is 57.0 Å². The molecular formula is C72H82N4O4S6Si. The van der Waals surface area contributed by atoms with Crippen LogP contribution in [0.1, 0.15) is 189 Å². The van der Waals surface area contributed by atoms with Gasteiger partial charge in [0.05, 0.1) is 64.6 Å². The summed E-state index contributed by atoms with van der Waals surface area (Å²) in [7, 11) is -2.46. The lowest BCUT2D eigenvalue weighted by Gasteiger charge is -2.35. The second-order valence-electron chi connectivity index (χ2n) is 25.3. The summed E-state index contributed by atoms with van der Waals surface area (Å²) in [6.07, 6.45) is 25.9. The molecule has 454 valence electrons. The summed E-state index contributed by atoms with van der Waals surface area (Å²) < 4.78 is 0. The van der Waals surface area contributed by atoms with Gasteiger partial charge in [-0.2, -0.15) is 0 Å². The molecule has 4 atom stereocenters. The van der Waals surface area contributed by atoms with E-state index in [-0.39, 0.29) is 23.6 Å². The van der Waals surface area contributed by atoms with Crippen molar-refractivity contribution in [2.75, 3.05) is 13.1 Å².